The predicted octanol–water partition coefficient (Wildman–Crippen LogP) is 3.26. The van der Waals surface area contributed by atoms with E-state index in [-0.39, 0.29) is 0 Å². The third kappa shape index (κ3) is 3.13. The Balaban J connectivity index is 1.68. The minimum atomic E-state index is 0.703. The Morgan fingerprint density at radius 2 is 2.14 bits per heavy atom. The van der Waals surface area contributed by atoms with Crippen molar-refractivity contribution in [3.63, 3.8) is 0 Å². The summed E-state index contributed by atoms with van der Waals surface area (Å²) in [6.45, 7) is 3.83. The second-order valence-corrected chi connectivity index (χ2v) is 7.91. The van der Waals surface area contributed by atoms with Gasteiger partial charge in [-0.25, -0.2) is 9.97 Å². The summed E-state index contributed by atoms with van der Waals surface area (Å²) in [4.78, 5) is 13.5. The molecule has 1 fully saturated rings. The molecule has 1 aliphatic heterocycles. The fourth-order valence-electron chi connectivity index (χ4n) is 3.56. The van der Waals surface area contributed by atoms with E-state index in [1.54, 1.807) is 18.4 Å². The molecule has 0 amide bonds. The van der Waals surface area contributed by atoms with Gasteiger partial charge in [-0.3, -0.25) is 5.10 Å². The first-order chi connectivity index (χ1) is 13.8. The van der Waals surface area contributed by atoms with Crippen molar-refractivity contribution in [2.75, 3.05) is 44.9 Å². The highest BCUT2D eigenvalue weighted by molar-refractivity contribution is 7.19. The molecular weight excluding hydrogens is 374 g/mol. The van der Waals surface area contributed by atoms with Crippen LogP contribution in [0.4, 0.5) is 5.82 Å². The molecular formula is C20H21N5O2S. The zero-order chi connectivity index (χ0) is 18.9. The minimum absolute atomic E-state index is 0.703. The van der Waals surface area contributed by atoms with Crippen molar-refractivity contribution in [2.45, 2.75) is 6.42 Å². The van der Waals surface area contributed by atoms with Gasteiger partial charge in [0.05, 0.1) is 41.8 Å². The summed E-state index contributed by atoms with van der Waals surface area (Å²) in [5, 5.41) is 8.24. The van der Waals surface area contributed by atoms with Crippen molar-refractivity contribution >= 4 is 38.3 Å². The fraction of sp³-hybridized carbons (Fsp3) is 0.350. The lowest BCUT2D eigenvalue weighted by molar-refractivity contribution is 0.122. The zero-order valence-electron chi connectivity index (χ0n) is 15.6. The average molecular weight is 395 g/mol. The number of hydrogen-bond acceptors (Lipinski definition) is 7. The van der Waals surface area contributed by atoms with E-state index in [0.29, 0.717) is 6.61 Å². The summed E-state index contributed by atoms with van der Waals surface area (Å²) in [7, 11) is 1.73. The van der Waals surface area contributed by atoms with Crippen LogP contribution >= 0.6 is 11.3 Å². The zero-order valence-corrected chi connectivity index (χ0v) is 16.5. The summed E-state index contributed by atoms with van der Waals surface area (Å²) in [5.74, 6) is 1.73. The standard InChI is InChI=1S/C20H21N5O2S/c1-26-8-5-13-11-17-18(28-13)20(25-6-9-27-10-7-25)23-19(22-17)14-3-2-4-16-15(14)12-21-24-16/h2-4,11-12H,5-10H2,1H3,(H,21,24). The molecule has 1 N–H and O–H groups in total. The summed E-state index contributed by atoms with van der Waals surface area (Å²) >= 11 is 1.76. The Kier molecular flexibility index (Phi) is 4.67. The van der Waals surface area contributed by atoms with Gasteiger partial charge in [-0.2, -0.15) is 5.10 Å². The number of aromatic nitrogens is 4. The van der Waals surface area contributed by atoms with Gasteiger partial charge in [-0.05, 0) is 12.1 Å². The largest absolute Gasteiger partial charge is 0.384 e. The van der Waals surface area contributed by atoms with E-state index in [1.807, 2.05) is 18.3 Å². The maximum atomic E-state index is 5.54. The first-order valence-corrected chi connectivity index (χ1v) is 10.2. The SMILES string of the molecule is COCCc1cc2nc(-c3cccc4[nH]ncc34)nc(N3CCOCC3)c2s1. The number of thiophene rings is 1. The number of benzene rings is 1. The average Bonchev–Trinajstić information content (AvgIpc) is 3.38. The van der Waals surface area contributed by atoms with Crippen molar-refractivity contribution in [1.29, 1.82) is 0 Å². The molecule has 0 unspecified atom stereocenters. The highest BCUT2D eigenvalue weighted by Gasteiger charge is 2.21. The van der Waals surface area contributed by atoms with E-state index < -0.39 is 0 Å². The summed E-state index contributed by atoms with van der Waals surface area (Å²) in [6, 6.07) is 8.25. The number of ether oxygens (including phenoxy) is 2. The molecule has 0 bridgehead atoms. The Morgan fingerprint density at radius 1 is 1.25 bits per heavy atom. The molecule has 0 radical (unpaired) electrons. The van der Waals surface area contributed by atoms with Crippen LogP contribution in [0.25, 0.3) is 32.5 Å². The Labute approximate surface area is 166 Å². The van der Waals surface area contributed by atoms with E-state index in [9.17, 15) is 0 Å². The first kappa shape index (κ1) is 17.5. The summed E-state index contributed by atoms with van der Waals surface area (Å²) in [6.07, 6.45) is 2.72. The third-order valence-corrected chi connectivity index (χ3v) is 6.17. The number of H-pyrrole nitrogens is 1. The molecule has 0 atom stereocenters. The topological polar surface area (TPSA) is 76.2 Å². The lowest BCUT2D eigenvalue weighted by Crippen LogP contribution is -2.36. The van der Waals surface area contributed by atoms with Gasteiger partial charge in [-0.1, -0.05) is 12.1 Å². The monoisotopic (exact) mass is 395 g/mol. The van der Waals surface area contributed by atoms with Gasteiger partial charge in [0.1, 0.15) is 0 Å². The van der Waals surface area contributed by atoms with E-state index in [1.165, 1.54) is 4.88 Å². The van der Waals surface area contributed by atoms with Crippen LogP contribution in [-0.4, -0.2) is 60.2 Å². The second-order valence-electron chi connectivity index (χ2n) is 6.78. The van der Waals surface area contributed by atoms with Gasteiger partial charge in [0.2, 0.25) is 0 Å². The molecule has 4 aromatic rings. The number of morpholine rings is 1. The van der Waals surface area contributed by atoms with Gasteiger partial charge in [0, 0.05) is 42.4 Å². The molecule has 0 aliphatic carbocycles. The number of nitrogens with zero attached hydrogens (tertiary/aromatic N) is 4. The highest BCUT2D eigenvalue weighted by Crippen LogP contribution is 2.36. The number of fused-ring (bicyclic) bond motifs is 2. The van der Waals surface area contributed by atoms with Crippen LogP contribution in [0.15, 0.2) is 30.5 Å². The number of methoxy groups -OCH3 is 1. The fourth-order valence-corrected chi connectivity index (χ4v) is 4.66. The number of anilines is 1. The number of aromatic amines is 1. The summed E-state index contributed by atoms with van der Waals surface area (Å²) in [5.41, 5.74) is 2.97. The first-order valence-electron chi connectivity index (χ1n) is 9.38. The van der Waals surface area contributed by atoms with Crippen LogP contribution in [0.5, 0.6) is 0 Å². The molecule has 3 aromatic heterocycles. The molecule has 28 heavy (non-hydrogen) atoms. The maximum Gasteiger partial charge on any atom is 0.162 e. The molecule has 4 heterocycles. The molecule has 1 saturated heterocycles. The normalized spacial score (nSPS) is 15.0. The quantitative estimate of drug-likeness (QED) is 0.559. The maximum absolute atomic E-state index is 5.54. The van der Waals surface area contributed by atoms with Gasteiger partial charge < -0.3 is 14.4 Å². The second kappa shape index (κ2) is 7.46. The Bertz CT molecular complexity index is 1120. The predicted molar refractivity (Wildman–Crippen MR) is 111 cm³/mol. The van der Waals surface area contributed by atoms with Crippen molar-refractivity contribution in [3.8, 4) is 11.4 Å². The molecule has 5 rings (SSSR count). The van der Waals surface area contributed by atoms with Crippen molar-refractivity contribution in [3.05, 3.63) is 35.3 Å². The van der Waals surface area contributed by atoms with Crippen LogP contribution in [-0.2, 0) is 15.9 Å². The molecule has 1 aliphatic rings. The number of rotatable bonds is 5. The van der Waals surface area contributed by atoms with Crippen molar-refractivity contribution in [2.24, 2.45) is 0 Å². The van der Waals surface area contributed by atoms with Crippen LogP contribution in [0, 0.1) is 0 Å². The van der Waals surface area contributed by atoms with Gasteiger partial charge in [0.25, 0.3) is 0 Å². The molecule has 0 saturated carbocycles. The number of hydrogen-bond donors (Lipinski definition) is 1. The third-order valence-electron chi connectivity index (χ3n) is 4.99. The van der Waals surface area contributed by atoms with Gasteiger partial charge in [0.15, 0.2) is 11.6 Å². The smallest absolute Gasteiger partial charge is 0.162 e. The molecule has 144 valence electrons. The lowest BCUT2D eigenvalue weighted by Gasteiger charge is -2.28. The minimum Gasteiger partial charge on any atom is -0.384 e. The molecule has 8 heteroatoms. The highest BCUT2D eigenvalue weighted by atomic mass is 32.1. The van der Waals surface area contributed by atoms with E-state index >= 15 is 0 Å². The van der Waals surface area contributed by atoms with Crippen LogP contribution in [0.2, 0.25) is 0 Å². The Morgan fingerprint density at radius 3 is 3.00 bits per heavy atom. The molecule has 1 aromatic carbocycles. The Hall–Kier alpha value is -2.55. The van der Waals surface area contributed by atoms with Crippen molar-refractivity contribution in [1.82, 2.24) is 20.2 Å². The summed E-state index contributed by atoms with van der Waals surface area (Å²) < 4.78 is 11.9. The number of nitrogens with one attached hydrogen (secondary N) is 1. The molecule has 0 spiro atoms. The van der Waals surface area contributed by atoms with Crippen LogP contribution in [0.1, 0.15) is 4.88 Å². The lowest BCUT2D eigenvalue weighted by atomic mass is 10.1. The van der Waals surface area contributed by atoms with Crippen molar-refractivity contribution < 1.29 is 9.47 Å². The van der Waals surface area contributed by atoms with E-state index in [2.05, 4.69) is 27.2 Å². The van der Waals surface area contributed by atoms with Gasteiger partial charge >= 0.3 is 0 Å². The van der Waals surface area contributed by atoms with Crippen LogP contribution in [0.3, 0.4) is 0 Å². The molecule has 7 nitrogen and oxygen atoms in total. The van der Waals surface area contributed by atoms with Crippen LogP contribution < -0.4 is 4.90 Å². The van der Waals surface area contributed by atoms with E-state index in [0.717, 1.165) is 71.0 Å². The van der Waals surface area contributed by atoms with E-state index in [4.69, 9.17) is 19.4 Å². The van der Waals surface area contributed by atoms with Gasteiger partial charge in [-0.15, -0.1) is 11.3 Å².